The highest BCUT2D eigenvalue weighted by Crippen LogP contribution is 2.10. The average molecular weight is 172 g/mol. The predicted octanol–water partition coefficient (Wildman–Crippen LogP) is 3.30. The maximum absolute atomic E-state index is 8.67. The Morgan fingerprint density at radius 1 is 1.46 bits per heavy atom. The van der Waals surface area contributed by atoms with Crippen molar-refractivity contribution in [2.24, 2.45) is 0 Å². The fourth-order valence-corrected chi connectivity index (χ4v) is 1.21. The molecule has 0 aliphatic carbocycles. The van der Waals surface area contributed by atoms with Crippen LogP contribution in [0, 0.1) is 17.8 Å². The molecular weight excluding hydrogens is 158 g/mol. The summed E-state index contributed by atoms with van der Waals surface area (Å²) < 4.78 is 0. The van der Waals surface area contributed by atoms with Gasteiger partial charge in [-0.2, -0.15) is 5.26 Å². The summed E-state index contributed by atoms with van der Waals surface area (Å²) in [6.45, 7) is 2.18. The van der Waals surface area contributed by atoms with Crippen LogP contribution in [0.5, 0.6) is 0 Å². The number of rotatable bonds is 4. The number of nitrogens with zero attached hydrogens (tertiary/aromatic N) is 1. The van der Waals surface area contributed by atoms with Crippen LogP contribution in [0.15, 0.2) is 24.3 Å². The minimum absolute atomic E-state index is 0.741. The Balaban J connectivity index is 2.52. The van der Waals surface area contributed by atoms with Crippen LogP contribution in [0.4, 0.5) is 0 Å². The molecule has 0 heterocycles. The molecule has 1 rings (SSSR count). The molecule has 13 heavy (non-hydrogen) atoms. The topological polar surface area (TPSA) is 23.8 Å². The van der Waals surface area contributed by atoms with Crippen LogP contribution < -0.4 is 0 Å². The summed E-state index contributed by atoms with van der Waals surface area (Å²) in [7, 11) is 0. The van der Waals surface area contributed by atoms with Gasteiger partial charge in [-0.3, -0.25) is 0 Å². The van der Waals surface area contributed by atoms with E-state index in [0.29, 0.717) is 0 Å². The van der Waals surface area contributed by atoms with Gasteiger partial charge in [0.25, 0.3) is 0 Å². The van der Waals surface area contributed by atoms with Crippen LogP contribution in [0.3, 0.4) is 0 Å². The van der Waals surface area contributed by atoms with Crippen LogP contribution in [-0.4, -0.2) is 0 Å². The summed E-state index contributed by atoms with van der Waals surface area (Å²) in [5.41, 5.74) is 1.90. The van der Waals surface area contributed by atoms with Gasteiger partial charge in [0.1, 0.15) is 0 Å². The van der Waals surface area contributed by atoms with Gasteiger partial charge in [-0.25, -0.2) is 0 Å². The quantitative estimate of drug-likeness (QED) is 0.639. The molecule has 0 aliphatic heterocycles. The van der Waals surface area contributed by atoms with Gasteiger partial charge in [0.2, 0.25) is 0 Å². The van der Waals surface area contributed by atoms with Crippen LogP contribution in [-0.2, 0) is 0 Å². The van der Waals surface area contributed by atoms with Gasteiger partial charge in [0.05, 0.1) is 11.6 Å². The first-order valence-electron chi connectivity index (χ1n) is 4.70. The molecular formula is C12H14N. The zero-order chi connectivity index (χ0) is 9.52. The molecule has 0 N–H and O–H groups in total. The molecule has 1 nitrogen and oxygen atoms in total. The summed E-state index contributed by atoms with van der Waals surface area (Å²) in [6, 6.07) is 9.86. The Bertz CT molecular complexity index is 296. The van der Waals surface area contributed by atoms with Gasteiger partial charge in [-0.05, 0) is 30.5 Å². The van der Waals surface area contributed by atoms with Gasteiger partial charge in [0, 0.05) is 0 Å². The van der Waals surface area contributed by atoms with Crippen molar-refractivity contribution in [2.45, 2.75) is 26.2 Å². The molecule has 1 radical (unpaired) electrons. The summed E-state index contributed by atoms with van der Waals surface area (Å²) in [4.78, 5) is 0. The van der Waals surface area contributed by atoms with Crippen molar-refractivity contribution in [1.29, 1.82) is 5.26 Å². The largest absolute Gasteiger partial charge is 0.192 e. The van der Waals surface area contributed by atoms with E-state index >= 15 is 0 Å². The summed E-state index contributed by atoms with van der Waals surface area (Å²) >= 11 is 0. The van der Waals surface area contributed by atoms with Crippen LogP contribution in [0.25, 0.3) is 0 Å². The second kappa shape index (κ2) is 5.37. The third-order valence-corrected chi connectivity index (χ3v) is 1.95. The van der Waals surface area contributed by atoms with E-state index in [0.717, 1.165) is 17.5 Å². The predicted molar refractivity (Wildman–Crippen MR) is 54.1 cm³/mol. The van der Waals surface area contributed by atoms with Crippen LogP contribution in [0.2, 0.25) is 0 Å². The van der Waals surface area contributed by atoms with Crippen molar-refractivity contribution in [3.63, 3.8) is 0 Å². The second-order valence-electron chi connectivity index (χ2n) is 3.08. The molecule has 0 saturated carbocycles. The Morgan fingerprint density at radius 2 is 2.31 bits per heavy atom. The van der Waals surface area contributed by atoms with Crippen molar-refractivity contribution < 1.29 is 0 Å². The first-order valence-corrected chi connectivity index (χ1v) is 4.70. The summed E-state index contributed by atoms with van der Waals surface area (Å²) in [5, 5.41) is 8.67. The zero-order valence-electron chi connectivity index (χ0n) is 7.96. The zero-order valence-corrected chi connectivity index (χ0v) is 7.96. The smallest absolute Gasteiger partial charge is 0.0991 e. The molecule has 1 heteroatoms. The SMILES string of the molecule is CCCC[CH]c1cccc(C#N)c1. The molecule has 0 aromatic heterocycles. The Hall–Kier alpha value is -1.29. The fourth-order valence-electron chi connectivity index (χ4n) is 1.21. The van der Waals surface area contributed by atoms with E-state index in [2.05, 4.69) is 19.4 Å². The number of nitriles is 1. The monoisotopic (exact) mass is 172 g/mol. The van der Waals surface area contributed by atoms with Crippen molar-refractivity contribution >= 4 is 0 Å². The molecule has 0 aliphatic rings. The van der Waals surface area contributed by atoms with Crippen molar-refractivity contribution in [3.05, 3.63) is 41.8 Å². The van der Waals surface area contributed by atoms with Gasteiger partial charge in [-0.15, -0.1) is 0 Å². The van der Waals surface area contributed by atoms with Gasteiger partial charge >= 0.3 is 0 Å². The summed E-state index contributed by atoms with van der Waals surface area (Å²) in [6.07, 6.45) is 5.72. The van der Waals surface area contributed by atoms with E-state index in [-0.39, 0.29) is 0 Å². The minimum Gasteiger partial charge on any atom is -0.192 e. The standard InChI is InChI=1S/C12H14N/c1-2-3-4-6-11-7-5-8-12(9-11)10-13/h5-9H,2-4H2,1H3. The summed E-state index contributed by atoms with van der Waals surface area (Å²) in [5.74, 6) is 0. The number of hydrogen-bond donors (Lipinski definition) is 0. The third-order valence-electron chi connectivity index (χ3n) is 1.95. The lowest BCUT2D eigenvalue weighted by Crippen LogP contribution is -1.83. The molecule has 0 amide bonds. The average Bonchev–Trinajstić information content (AvgIpc) is 2.19. The molecule has 0 atom stereocenters. The number of unbranched alkanes of at least 4 members (excludes halogenated alkanes) is 2. The maximum Gasteiger partial charge on any atom is 0.0991 e. The molecule has 0 unspecified atom stereocenters. The second-order valence-corrected chi connectivity index (χ2v) is 3.08. The van der Waals surface area contributed by atoms with E-state index in [1.807, 2.05) is 24.3 Å². The fraction of sp³-hybridized carbons (Fsp3) is 0.333. The molecule has 67 valence electrons. The molecule has 1 aromatic rings. The first-order chi connectivity index (χ1) is 6.36. The van der Waals surface area contributed by atoms with Crippen molar-refractivity contribution in [1.82, 2.24) is 0 Å². The van der Waals surface area contributed by atoms with Gasteiger partial charge in [-0.1, -0.05) is 31.9 Å². The molecule has 1 aromatic carbocycles. The van der Waals surface area contributed by atoms with Crippen LogP contribution >= 0.6 is 0 Å². The normalized spacial score (nSPS) is 9.54. The van der Waals surface area contributed by atoms with E-state index < -0.39 is 0 Å². The van der Waals surface area contributed by atoms with E-state index in [1.165, 1.54) is 12.8 Å². The maximum atomic E-state index is 8.67. The molecule has 0 bridgehead atoms. The van der Waals surface area contributed by atoms with E-state index in [1.54, 1.807) is 0 Å². The van der Waals surface area contributed by atoms with Crippen molar-refractivity contribution in [3.8, 4) is 6.07 Å². The van der Waals surface area contributed by atoms with Gasteiger partial charge < -0.3 is 0 Å². The van der Waals surface area contributed by atoms with E-state index in [9.17, 15) is 0 Å². The Labute approximate surface area is 80.0 Å². The Kier molecular flexibility index (Phi) is 4.05. The highest BCUT2D eigenvalue weighted by atomic mass is 14.2. The highest BCUT2D eigenvalue weighted by Gasteiger charge is 1.94. The molecule has 0 fully saturated rings. The van der Waals surface area contributed by atoms with Crippen molar-refractivity contribution in [2.75, 3.05) is 0 Å². The van der Waals surface area contributed by atoms with E-state index in [4.69, 9.17) is 5.26 Å². The minimum atomic E-state index is 0.741. The van der Waals surface area contributed by atoms with Crippen LogP contribution in [0.1, 0.15) is 37.3 Å². The third kappa shape index (κ3) is 3.29. The number of hydrogen-bond acceptors (Lipinski definition) is 1. The molecule has 0 saturated heterocycles. The van der Waals surface area contributed by atoms with Gasteiger partial charge in [0.15, 0.2) is 0 Å². The number of benzene rings is 1. The first kappa shape index (κ1) is 9.80. The highest BCUT2D eigenvalue weighted by molar-refractivity contribution is 5.35. The lowest BCUT2D eigenvalue weighted by molar-refractivity contribution is 0.791. The lowest BCUT2D eigenvalue weighted by atomic mass is 10.1. The molecule has 0 spiro atoms. The Morgan fingerprint density at radius 3 is 3.00 bits per heavy atom. The lowest BCUT2D eigenvalue weighted by Gasteiger charge is -1.99.